The molecule has 22 heavy (non-hydrogen) atoms. The Morgan fingerprint density at radius 1 is 1.27 bits per heavy atom. The van der Waals surface area contributed by atoms with Gasteiger partial charge in [0.05, 0.1) is 25.4 Å². The summed E-state index contributed by atoms with van der Waals surface area (Å²) in [5.74, 6) is 0.206. The van der Waals surface area contributed by atoms with Gasteiger partial charge in [-0.05, 0) is 19.1 Å². The van der Waals surface area contributed by atoms with E-state index in [1.54, 1.807) is 19.1 Å². The van der Waals surface area contributed by atoms with Crippen LogP contribution in [-0.2, 0) is 9.47 Å². The minimum absolute atomic E-state index is 0.0305. The lowest BCUT2D eigenvalue weighted by Gasteiger charge is -2.30. The molecule has 1 fully saturated rings. The summed E-state index contributed by atoms with van der Waals surface area (Å²) in [6, 6.07) is 3.42. The van der Waals surface area contributed by atoms with E-state index in [1.807, 2.05) is 0 Å². The number of ether oxygens (including phenoxy) is 2. The summed E-state index contributed by atoms with van der Waals surface area (Å²) in [5, 5.41) is 3.71. The average Bonchev–Trinajstić information content (AvgIpc) is 3.17. The van der Waals surface area contributed by atoms with Gasteiger partial charge in [0, 0.05) is 0 Å². The molecular weight excluding hydrogens is 305 g/mol. The van der Waals surface area contributed by atoms with Crippen molar-refractivity contribution in [3.05, 3.63) is 35.9 Å². The average molecular weight is 318 g/mol. The van der Waals surface area contributed by atoms with Crippen LogP contribution in [0.25, 0.3) is 0 Å². The molecule has 0 N–H and O–H groups in total. The Morgan fingerprint density at radius 3 is 2.73 bits per heavy atom. The highest BCUT2D eigenvalue weighted by molar-refractivity contribution is 5.14. The highest BCUT2D eigenvalue weighted by Gasteiger charge is 2.51. The standard InChI is InChI=1S/C13H13F3N2O4/c1-7(8-3-2-4-19-8)11-17-12(22-18-11)9-10(13(14,15)16)21-6-5-20-9/h2-4,7,9-10H,5-6H2,1H3/t7?,9-,10+/m1/s1. The predicted octanol–water partition coefficient (Wildman–Crippen LogP) is 2.83. The lowest BCUT2D eigenvalue weighted by Crippen LogP contribution is -2.43. The van der Waals surface area contributed by atoms with Crippen LogP contribution in [0.1, 0.15) is 36.4 Å². The van der Waals surface area contributed by atoms with E-state index >= 15 is 0 Å². The Hall–Kier alpha value is -1.87. The molecule has 2 aromatic rings. The second kappa shape index (κ2) is 5.73. The first kappa shape index (κ1) is 15.0. The maximum atomic E-state index is 13.0. The zero-order valence-corrected chi connectivity index (χ0v) is 11.5. The van der Waals surface area contributed by atoms with Crippen LogP contribution in [-0.4, -0.2) is 35.6 Å². The van der Waals surface area contributed by atoms with E-state index in [0.29, 0.717) is 5.76 Å². The Labute approximate surface area is 123 Å². The maximum Gasteiger partial charge on any atom is 0.417 e. The Balaban J connectivity index is 1.83. The van der Waals surface area contributed by atoms with Gasteiger partial charge in [-0.15, -0.1) is 0 Å². The largest absolute Gasteiger partial charge is 0.469 e. The van der Waals surface area contributed by atoms with Gasteiger partial charge in [0.1, 0.15) is 5.76 Å². The third-order valence-corrected chi connectivity index (χ3v) is 3.33. The predicted molar refractivity (Wildman–Crippen MR) is 65.0 cm³/mol. The van der Waals surface area contributed by atoms with E-state index in [4.69, 9.17) is 18.4 Å². The third-order valence-electron chi connectivity index (χ3n) is 3.33. The van der Waals surface area contributed by atoms with Crippen molar-refractivity contribution in [1.29, 1.82) is 0 Å². The van der Waals surface area contributed by atoms with Gasteiger partial charge in [0.2, 0.25) is 0 Å². The summed E-state index contributed by atoms with van der Waals surface area (Å²) in [7, 11) is 0. The van der Waals surface area contributed by atoms with Crippen molar-refractivity contribution in [2.45, 2.75) is 31.2 Å². The van der Waals surface area contributed by atoms with Crippen molar-refractivity contribution >= 4 is 0 Å². The van der Waals surface area contributed by atoms with Gasteiger partial charge >= 0.3 is 6.18 Å². The molecule has 2 aromatic heterocycles. The van der Waals surface area contributed by atoms with Gasteiger partial charge in [-0.25, -0.2) is 0 Å². The number of halogens is 3. The summed E-state index contributed by atoms with van der Waals surface area (Å²) in [6.45, 7) is 1.65. The molecular formula is C13H13F3N2O4. The van der Waals surface area contributed by atoms with Crippen molar-refractivity contribution in [2.24, 2.45) is 0 Å². The molecule has 1 aliphatic heterocycles. The molecule has 0 bridgehead atoms. The third kappa shape index (κ3) is 2.86. The van der Waals surface area contributed by atoms with E-state index in [-0.39, 0.29) is 30.8 Å². The monoisotopic (exact) mass is 318 g/mol. The lowest BCUT2D eigenvalue weighted by atomic mass is 10.1. The molecule has 3 atom stereocenters. The van der Waals surface area contributed by atoms with Crippen LogP contribution in [0.5, 0.6) is 0 Å². The molecule has 0 saturated carbocycles. The Bertz CT molecular complexity index is 611. The molecule has 1 aliphatic rings. The van der Waals surface area contributed by atoms with E-state index in [0.717, 1.165) is 0 Å². The second-order valence-corrected chi connectivity index (χ2v) is 4.85. The normalized spacial score (nSPS) is 24.4. The highest BCUT2D eigenvalue weighted by Crippen LogP contribution is 2.37. The topological polar surface area (TPSA) is 70.5 Å². The molecule has 3 heterocycles. The zero-order chi connectivity index (χ0) is 15.7. The molecule has 0 aromatic carbocycles. The van der Waals surface area contributed by atoms with Gasteiger partial charge in [-0.1, -0.05) is 5.16 Å². The van der Waals surface area contributed by atoms with E-state index in [9.17, 15) is 13.2 Å². The maximum absolute atomic E-state index is 13.0. The van der Waals surface area contributed by atoms with E-state index in [2.05, 4.69) is 10.1 Å². The first-order valence-corrected chi connectivity index (χ1v) is 6.63. The summed E-state index contributed by atoms with van der Waals surface area (Å²) >= 11 is 0. The van der Waals surface area contributed by atoms with Crippen LogP contribution in [0.2, 0.25) is 0 Å². The van der Waals surface area contributed by atoms with E-state index < -0.39 is 18.4 Å². The minimum atomic E-state index is -4.58. The molecule has 3 rings (SSSR count). The number of furan rings is 1. The molecule has 6 nitrogen and oxygen atoms in total. The zero-order valence-electron chi connectivity index (χ0n) is 11.5. The number of nitrogens with zero attached hydrogens (tertiary/aromatic N) is 2. The molecule has 9 heteroatoms. The number of rotatable bonds is 3. The summed E-state index contributed by atoms with van der Waals surface area (Å²) < 4.78 is 58.9. The minimum Gasteiger partial charge on any atom is -0.469 e. The first-order valence-electron chi connectivity index (χ1n) is 6.63. The van der Waals surface area contributed by atoms with Gasteiger partial charge in [0.15, 0.2) is 18.0 Å². The molecule has 120 valence electrons. The fourth-order valence-corrected chi connectivity index (χ4v) is 2.20. The fourth-order valence-electron chi connectivity index (χ4n) is 2.20. The van der Waals surface area contributed by atoms with E-state index in [1.165, 1.54) is 6.26 Å². The molecule has 0 aliphatic carbocycles. The smallest absolute Gasteiger partial charge is 0.417 e. The quantitative estimate of drug-likeness (QED) is 0.866. The number of hydrogen-bond acceptors (Lipinski definition) is 6. The van der Waals surface area contributed by atoms with Crippen LogP contribution < -0.4 is 0 Å². The van der Waals surface area contributed by atoms with Gasteiger partial charge in [-0.2, -0.15) is 18.2 Å². The lowest BCUT2D eigenvalue weighted by molar-refractivity contribution is -0.283. The van der Waals surface area contributed by atoms with Crippen LogP contribution in [0.15, 0.2) is 27.3 Å². The van der Waals surface area contributed by atoms with Crippen molar-refractivity contribution in [2.75, 3.05) is 13.2 Å². The summed E-state index contributed by atoms with van der Waals surface area (Å²) in [4.78, 5) is 4.01. The molecule has 0 amide bonds. The second-order valence-electron chi connectivity index (χ2n) is 4.85. The first-order chi connectivity index (χ1) is 10.5. The van der Waals surface area contributed by atoms with Crippen LogP contribution in [0.3, 0.4) is 0 Å². The molecule has 0 spiro atoms. The Kier molecular flexibility index (Phi) is 3.92. The van der Waals surface area contributed by atoms with Gasteiger partial charge < -0.3 is 18.4 Å². The highest BCUT2D eigenvalue weighted by atomic mass is 19.4. The molecule has 1 unspecified atom stereocenters. The number of aromatic nitrogens is 2. The summed E-state index contributed by atoms with van der Waals surface area (Å²) in [5.41, 5.74) is 0. The number of alkyl halides is 3. The van der Waals surface area contributed by atoms with Crippen molar-refractivity contribution < 1.29 is 31.6 Å². The fraction of sp³-hybridized carbons (Fsp3) is 0.538. The molecule has 0 radical (unpaired) electrons. The van der Waals surface area contributed by atoms with Crippen LogP contribution in [0, 0.1) is 0 Å². The summed E-state index contributed by atoms with van der Waals surface area (Å²) in [6.07, 6.45) is -6.66. The Morgan fingerprint density at radius 2 is 2.05 bits per heavy atom. The van der Waals surface area contributed by atoms with Crippen molar-refractivity contribution in [1.82, 2.24) is 10.1 Å². The number of hydrogen-bond donors (Lipinski definition) is 0. The van der Waals surface area contributed by atoms with Gasteiger partial charge in [0.25, 0.3) is 5.89 Å². The van der Waals surface area contributed by atoms with Crippen molar-refractivity contribution in [3.63, 3.8) is 0 Å². The van der Waals surface area contributed by atoms with Gasteiger partial charge in [-0.3, -0.25) is 0 Å². The SMILES string of the molecule is CC(c1noc([C@@H]2OCCO[C@@H]2C(F)(F)F)n1)c1ccco1. The molecule has 1 saturated heterocycles. The van der Waals surface area contributed by atoms with Crippen LogP contribution >= 0.6 is 0 Å². The van der Waals surface area contributed by atoms with Crippen LogP contribution in [0.4, 0.5) is 13.2 Å². The van der Waals surface area contributed by atoms with Crippen molar-refractivity contribution in [3.8, 4) is 0 Å².